The lowest BCUT2D eigenvalue weighted by Gasteiger charge is -2.34. The molecule has 0 radical (unpaired) electrons. The maximum Gasteiger partial charge on any atom is 0.243 e. The number of nitrogens with zero attached hydrogens (tertiary/aromatic N) is 3. The molecule has 1 aromatic heterocycles. The van der Waals surface area contributed by atoms with Crippen LogP contribution in [0.1, 0.15) is 51.1 Å². The summed E-state index contributed by atoms with van der Waals surface area (Å²) in [7, 11) is -7.56. The number of rotatable bonds is 9. The van der Waals surface area contributed by atoms with E-state index in [0.717, 1.165) is 38.5 Å². The number of piperidine rings is 1. The molecule has 2 aromatic rings. The minimum Gasteiger partial charge on any atom is -0.377 e. The van der Waals surface area contributed by atoms with E-state index in [1.54, 1.807) is 22.6 Å². The molecule has 34 heavy (non-hydrogen) atoms. The van der Waals surface area contributed by atoms with Crippen LogP contribution in [0.2, 0.25) is 0 Å². The minimum absolute atomic E-state index is 0.0116. The van der Waals surface area contributed by atoms with Crippen LogP contribution >= 0.6 is 0 Å². The molecule has 2 atom stereocenters. The van der Waals surface area contributed by atoms with E-state index in [9.17, 15) is 16.8 Å². The molecule has 0 unspecified atom stereocenters. The monoisotopic (exact) mass is 507 g/mol. The second-order valence-electron chi connectivity index (χ2n) is 8.90. The van der Waals surface area contributed by atoms with Gasteiger partial charge in [-0.1, -0.05) is 19.4 Å². The number of hydrogen-bond acceptors (Lipinski definition) is 6. The Morgan fingerprint density at radius 3 is 2.41 bits per heavy atom. The maximum atomic E-state index is 13.6. The summed E-state index contributed by atoms with van der Waals surface area (Å²) in [5.74, 6) is 0. The molecule has 1 aromatic carbocycles. The molecule has 0 bridgehead atoms. The topological polar surface area (TPSA) is 96.9 Å². The van der Waals surface area contributed by atoms with Gasteiger partial charge in [0, 0.05) is 31.9 Å². The Kier molecular flexibility index (Phi) is 8.04. The third-order valence-corrected chi connectivity index (χ3v) is 10.4. The second kappa shape index (κ2) is 10.8. The smallest absolute Gasteiger partial charge is 0.243 e. The van der Waals surface area contributed by atoms with E-state index in [1.807, 2.05) is 13.0 Å². The van der Waals surface area contributed by atoms with Gasteiger partial charge in [0.05, 0.1) is 28.1 Å². The number of sulfonamides is 2. The van der Waals surface area contributed by atoms with E-state index >= 15 is 0 Å². The number of ether oxygens (including phenoxy) is 1. The van der Waals surface area contributed by atoms with Crippen molar-refractivity contribution in [2.75, 3.05) is 19.7 Å². The van der Waals surface area contributed by atoms with Crippen molar-refractivity contribution in [2.24, 2.45) is 0 Å². The molecule has 0 aliphatic carbocycles. The molecule has 2 fully saturated rings. The summed E-state index contributed by atoms with van der Waals surface area (Å²) >= 11 is 0. The van der Waals surface area contributed by atoms with E-state index < -0.39 is 20.0 Å². The van der Waals surface area contributed by atoms with E-state index in [4.69, 9.17) is 4.74 Å². The minimum atomic E-state index is -3.88. The SMILES string of the molecule is CC[C@H]1CCCCN1S(=O)(=O)c1ccc(S(=O)(=O)N(Cc2ccccn2)C[C@H]2CCCO2)cc1. The zero-order valence-corrected chi connectivity index (χ0v) is 21.2. The Bertz CT molecular complexity index is 1150. The lowest BCUT2D eigenvalue weighted by Crippen LogP contribution is -2.43. The van der Waals surface area contributed by atoms with Crippen molar-refractivity contribution in [1.29, 1.82) is 0 Å². The van der Waals surface area contributed by atoms with E-state index in [0.29, 0.717) is 18.8 Å². The Morgan fingerprint density at radius 2 is 1.76 bits per heavy atom. The average molecular weight is 508 g/mol. The van der Waals surface area contributed by atoms with Gasteiger partial charge in [0.2, 0.25) is 20.0 Å². The molecule has 2 aliphatic heterocycles. The molecule has 186 valence electrons. The highest BCUT2D eigenvalue weighted by Crippen LogP contribution is 2.28. The first-order valence-electron chi connectivity index (χ1n) is 12.0. The van der Waals surface area contributed by atoms with Crippen LogP contribution in [0.4, 0.5) is 0 Å². The van der Waals surface area contributed by atoms with Crippen LogP contribution in [-0.2, 0) is 31.3 Å². The van der Waals surface area contributed by atoms with Crippen molar-refractivity contribution in [3.05, 3.63) is 54.4 Å². The zero-order chi connectivity index (χ0) is 24.2. The van der Waals surface area contributed by atoms with Gasteiger partial charge < -0.3 is 4.74 Å². The average Bonchev–Trinajstić information content (AvgIpc) is 3.37. The van der Waals surface area contributed by atoms with Crippen molar-refractivity contribution in [3.63, 3.8) is 0 Å². The van der Waals surface area contributed by atoms with Gasteiger partial charge in [-0.2, -0.15) is 8.61 Å². The predicted octanol–water partition coefficient (Wildman–Crippen LogP) is 3.40. The van der Waals surface area contributed by atoms with Gasteiger partial charge in [0.1, 0.15) is 0 Å². The molecular formula is C24H33N3O5S2. The Labute approximate surface area is 203 Å². The molecule has 3 heterocycles. The lowest BCUT2D eigenvalue weighted by atomic mass is 10.0. The summed E-state index contributed by atoms with van der Waals surface area (Å²) in [4.78, 5) is 4.47. The van der Waals surface area contributed by atoms with Gasteiger partial charge in [-0.25, -0.2) is 16.8 Å². The quantitative estimate of drug-likeness (QED) is 0.516. The van der Waals surface area contributed by atoms with Crippen LogP contribution in [-0.4, -0.2) is 62.3 Å². The lowest BCUT2D eigenvalue weighted by molar-refractivity contribution is 0.0924. The van der Waals surface area contributed by atoms with Crippen molar-refractivity contribution in [1.82, 2.24) is 13.6 Å². The molecular weight excluding hydrogens is 474 g/mol. The summed E-state index contributed by atoms with van der Waals surface area (Å²) in [5, 5.41) is 0. The molecule has 4 rings (SSSR count). The number of aromatic nitrogens is 1. The highest BCUT2D eigenvalue weighted by atomic mass is 32.2. The van der Waals surface area contributed by atoms with Crippen LogP contribution < -0.4 is 0 Å². The molecule has 8 nitrogen and oxygen atoms in total. The van der Waals surface area contributed by atoms with Crippen LogP contribution in [0.5, 0.6) is 0 Å². The number of hydrogen-bond donors (Lipinski definition) is 0. The van der Waals surface area contributed by atoms with Gasteiger partial charge in [0.15, 0.2) is 0 Å². The molecule has 0 amide bonds. The van der Waals surface area contributed by atoms with E-state index in [1.165, 1.54) is 28.6 Å². The largest absolute Gasteiger partial charge is 0.377 e. The Balaban J connectivity index is 1.59. The molecule has 10 heteroatoms. The summed E-state index contributed by atoms with van der Waals surface area (Å²) in [6, 6.07) is 11.0. The Hall–Kier alpha value is -1.85. The third kappa shape index (κ3) is 5.52. The summed E-state index contributed by atoms with van der Waals surface area (Å²) in [6.07, 6.45) is 6.67. The molecule has 0 spiro atoms. The van der Waals surface area contributed by atoms with Gasteiger partial charge in [-0.15, -0.1) is 0 Å². The fourth-order valence-corrected chi connectivity index (χ4v) is 7.91. The van der Waals surface area contributed by atoms with Crippen LogP contribution in [0.25, 0.3) is 0 Å². The van der Waals surface area contributed by atoms with Crippen molar-refractivity contribution < 1.29 is 21.6 Å². The van der Waals surface area contributed by atoms with Crippen molar-refractivity contribution >= 4 is 20.0 Å². The normalized spacial score (nSPS) is 22.3. The van der Waals surface area contributed by atoms with Gasteiger partial charge in [-0.05, 0) is 68.5 Å². The molecule has 2 aliphatic rings. The fraction of sp³-hybridized carbons (Fsp3) is 0.542. The number of pyridine rings is 1. The highest BCUT2D eigenvalue weighted by Gasteiger charge is 2.34. The Morgan fingerprint density at radius 1 is 1.00 bits per heavy atom. The predicted molar refractivity (Wildman–Crippen MR) is 129 cm³/mol. The van der Waals surface area contributed by atoms with Crippen LogP contribution in [0.15, 0.2) is 58.5 Å². The number of benzene rings is 1. The van der Waals surface area contributed by atoms with E-state index in [-0.39, 0.29) is 35.0 Å². The first-order valence-corrected chi connectivity index (χ1v) is 14.8. The first-order chi connectivity index (χ1) is 16.3. The van der Waals surface area contributed by atoms with Crippen molar-refractivity contribution in [2.45, 2.75) is 73.9 Å². The fourth-order valence-electron chi connectivity index (χ4n) is 4.70. The van der Waals surface area contributed by atoms with Gasteiger partial charge in [-0.3, -0.25) is 4.98 Å². The summed E-state index contributed by atoms with van der Waals surface area (Å²) in [6.45, 7) is 3.47. The standard InChI is InChI=1S/C24H33N3O5S2/c1-2-21-9-4-6-16-27(21)34(30,31)24-13-11-23(12-14-24)33(28,29)26(19-22-10-7-17-32-22)18-20-8-3-5-15-25-20/h3,5,8,11-15,21-22H,2,4,6-7,9-10,16-19H2,1H3/t21-,22+/m0/s1. The maximum absolute atomic E-state index is 13.6. The third-order valence-electron chi connectivity index (χ3n) is 6.61. The van der Waals surface area contributed by atoms with Crippen LogP contribution in [0.3, 0.4) is 0 Å². The zero-order valence-electron chi connectivity index (χ0n) is 19.5. The summed E-state index contributed by atoms with van der Waals surface area (Å²) in [5.41, 5.74) is 0.638. The first kappa shape index (κ1) is 25.2. The van der Waals surface area contributed by atoms with E-state index in [2.05, 4.69) is 4.98 Å². The van der Waals surface area contributed by atoms with Gasteiger partial charge in [0.25, 0.3) is 0 Å². The molecule has 2 saturated heterocycles. The van der Waals surface area contributed by atoms with Gasteiger partial charge >= 0.3 is 0 Å². The highest BCUT2D eigenvalue weighted by molar-refractivity contribution is 7.89. The second-order valence-corrected chi connectivity index (χ2v) is 12.7. The van der Waals surface area contributed by atoms with Crippen molar-refractivity contribution in [3.8, 4) is 0 Å². The summed E-state index contributed by atoms with van der Waals surface area (Å²) < 4.78 is 62.3. The molecule has 0 saturated carbocycles. The molecule has 0 N–H and O–H groups in total. The van der Waals surface area contributed by atoms with Crippen LogP contribution in [0, 0.1) is 0 Å².